The SMILES string of the molecule is N#Cc1cnccc1NCC1CCN(CC(O)c2ccccc2)CC1. The number of pyridine rings is 1. The van der Waals surface area contributed by atoms with Crippen LogP contribution in [0.4, 0.5) is 5.69 Å². The third-order valence-corrected chi connectivity index (χ3v) is 4.85. The number of nitrogens with one attached hydrogen (secondary N) is 1. The number of likely N-dealkylation sites (tertiary alicyclic amines) is 1. The Morgan fingerprint density at radius 2 is 2.00 bits per heavy atom. The number of hydrogen-bond acceptors (Lipinski definition) is 5. The van der Waals surface area contributed by atoms with E-state index >= 15 is 0 Å². The lowest BCUT2D eigenvalue weighted by Crippen LogP contribution is -2.38. The second-order valence-electron chi connectivity index (χ2n) is 6.58. The normalized spacial score (nSPS) is 17.0. The zero-order valence-corrected chi connectivity index (χ0v) is 14.3. The Hall–Kier alpha value is -2.42. The molecule has 25 heavy (non-hydrogen) atoms. The van der Waals surface area contributed by atoms with Gasteiger partial charge in [0, 0.05) is 25.5 Å². The van der Waals surface area contributed by atoms with Crippen LogP contribution in [-0.2, 0) is 0 Å². The van der Waals surface area contributed by atoms with E-state index in [0.29, 0.717) is 18.0 Å². The van der Waals surface area contributed by atoms with E-state index in [1.165, 1.54) is 0 Å². The van der Waals surface area contributed by atoms with Crippen molar-refractivity contribution in [3.8, 4) is 6.07 Å². The minimum Gasteiger partial charge on any atom is -0.387 e. The Bertz CT molecular complexity index is 705. The van der Waals surface area contributed by atoms with Crippen molar-refractivity contribution in [3.05, 3.63) is 59.9 Å². The molecule has 0 saturated carbocycles. The number of rotatable bonds is 6. The van der Waals surface area contributed by atoms with Gasteiger partial charge in [-0.15, -0.1) is 0 Å². The van der Waals surface area contributed by atoms with Gasteiger partial charge >= 0.3 is 0 Å². The Kier molecular flexibility index (Phi) is 5.99. The number of hydrogen-bond donors (Lipinski definition) is 2. The monoisotopic (exact) mass is 336 g/mol. The van der Waals surface area contributed by atoms with Crippen molar-refractivity contribution in [1.82, 2.24) is 9.88 Å². The third-order valence-electron chi connectivity index (χ3n) is 4.85. The first kappa shape index (κ1) is 17.4. The fourth-order valence-corrected chi connectivity index (χ4v) is 3.29. The van der Waals surface area contributed by atoms with Crippen LogP contribution >= 0.6 is 0 Å². The van der Waals surface area contributed by atoms with E-state index in [9.17, 15) is 5.11 Å². The highest BCUT2D eigenvalue weighted by molar-refractivity contribution is 5.55. The molecule has 1 aliphatic rings. The molecule has 1 saturated heterocycles. The maximum absolute atomic E-state index is 10.4. The predicted octanol–water partition coefficient (Wildman–Crippen LogP) is 2.81. The van der Waals surface area contributed by atoms with E-state index in [1.807, 2.05) is 36.4 Å². The molecule has 2 heterocycles. The second kappa shape index (κ2) is 8.61. The van der Waals surface area contributed by atoms with Crippen LogP contribution in [0.3, 0.4) is 0 Å². The zero-order valence-electron chi connectivity index (χ0n) is 14.3. The van der Waals surface area contributed by atoms with Gasteiger partial charge in [-0.25, -0.2) is 0 Å². The number of aliphatic hydroxyl groups excluding tert-OH is 1. The lowest BCUT2D eigenvalue weighted by atomic mass is 9.96. The summed E-state index contributed by atoms with van der Waals surface area (Å²) in [4.78, 5) is 6.32. The molecular weight excluding hydrogens is 312 g/mol. The fraction of sp³-hybridized carbons (Fsp3) is 0.400. The summed E-state index contributed by atoms with van der Waals surface area (Å²) in [6.07, 6.45) is 5.07. The van der Waals surface area contributed by atoms with Gasteiger partial charge in [-0.1, -0.05) is 30.3 Å². The summed E-state index contributed by atoms with van der Waals surface area (Å²) in [5, 5.41) is 22.9. The molecule has 1 fully saturated rings. The van der Waals surface area contributed by atoms with Crippen molar-refractivity contribution in [3.63, 3.8) is 0 Å². The van der Waals surface area contributed by atoms with Gasteiger partial charge in [0.2, 0.25) is 0 Å². The molecule has 0 spiro atoms. The highest BCUT2D eigenvalue weighted by atomic mass is 16.3. The standard InChI is InChI=1S/C20H24N4O/c21-12-18-14-22-9-6-19(18)23-13-16-7-10-24(11-8-16)15-20(25)17-4-2-1-3-5-17/h1-6,9,14,16,20,25H,7-8,10-11,13,15H2,(H,22,23). The van der Waals surface area contributed by atoms with Gasteiger partial charge in [-0.05, 0) is 43.5 Å². The van der Waals surface area contributed by atoms with Crippen molar-refractivity contribution < 1.29 is 5.11 Å². The van der Waals surface area contributed by atoms with E-state index < -0.39 is 6.10 Å². The molecule has 1 aromatic carbocycles. The van der Waals surface area contributed by atoms with E-state index in [-0.39, 0.29) is 0 Å². The topological polar surface area (TPSA) is 72.2 Å². The molecule has 0 bridgehead atoms. The second-order valence-corrected chi connectivity index (χ2v) is 6.58. The number of β-amino-alcohol motifs (C(OH)–C–C–N with tert-alkyl or cyclic N) is 1. The fourth-order valence-electron chi connectivity index (χ4n) is 3.29. The minimum absolute atomic E-state index is 0.425. The van der Waals surface area contributed by atoms with Crippen molar-refractivity contribution in [2.45, 2.75) is 18.9 Å². The number of aromatic nitrogens is 1. The third kappa shape index (κ3) is 4.79. The van der Waals surface area contributed by atoms with E-state index in [2.05, 4.69) is 21.3 Å². The molecule has 1 aromatic heterocycles. The average molecular weight is 336 g/mol. The number of anilines is 1. The molecule has 0 radical (unpaired) electrons. The van der Waals surface area contributed by atoms with Crippen LogP contribution < -0.4 is 5.32 Å². The lowest BCUT2D eigenvalue weighted by Gasteiger charge is -2.33. The number of piperidine rings is 1. The van der Waals surface area contributed by atoms with Crippen LogP contribution in [0.1, 0.15) is 30.1 Å². The average Bonchev–Trinajstić information content (AvgIpc) is 2.68. The maximum atomic E-state index is 10.4. The van der Waals surface area contributed by atoms with Gasteiger partial charge in [0.25, 0.3) is 0 Å². The Morgan fingerprint density at radius 3 is 2.72 bits per heavy atom. The highest BCUT2D eigenvalue weighted by Crippen LogP contribution is 2.22. The molecule has 2 aromatic rings. The predicted molar refractivity (Wildman–Crippen MR) is 98.0 cm³/mol. The van der Waals surface area contributed by atoms with Gasteiger partial charge in [-0.2, -0.15) is 5.26 Å². The molecule has 3 rings (SSSR count). The van der Waals surface area contributed by atoms with Gasteiger partial charge in [0.15, 0.2) is 0 Å². The van der Waals surface area contributed by atoms with Crippen molar-refractivity contribution in [2.24, 2.45) is 5.92 Å². The Balaban J connectivity index is 1.44. The molecule has 5 heteroatoms. The summed E-state index contributed by atoms with van der Waals surface area (Å²) < 4.78 is 0. The van der Waals surface area contributed by atoms with Crippen LogP contribution in [0.25, 0.3) is 0 Å². The molecular formula is C20H24N4O. The van der Waals surface area contributed by atoms with Gasteiger partial charge in [0.1, 0.15) is 6.07 Å². The number of nitrogens with zero attached hydrogens (tertiary/aromatic N) is 3. The molecule has 0 aliphatic carbocycles. The molecule has 0 amide bonds. The van der Waals surface area contributed by atoms with Crippen LogP contribution in [0.2, 0.25) is 0 Å². The van der Waals surface area contributed by atoms with Crippen molar-refractivity contribution in [1.29, 1.82) is 5.26 Å². The Morgan fingerprint density at radius 1 is 1.24 bits per heavy atom. The summed E-state index contributed by atoms with van der Waals surface area (Å²) in [6, 6.07) is 13.9. The molecule has 130 valence electrons. The summed E-state index contributed by atoms with van der Waals surface area (Å²) in [5.74, 6) is 0.588. The van der Waals surface area contributed by atoms with Crippen LogP contribution in [-0.4, -0.2) is 41.2 Å². The van der Waals surface area contributed by atoms with E-state index in [4.69, 9.17) is 5.26 Å². The van der Waals surface area contributed by atoms with E-state index in [0.717, 1.165) is 43.7 Å². The summed E-state index contributed by atoms with van der Waals surface area (Å²) >= 11 is 0. The molecule has 1 atom stereocenters. The van der Waals surface area contributed by atoms with Crippen LogP contribution in [0, 0.1) is 17.2 Å². The van der Waals surface area contributed by atoms with Crippen LogP contribution in [0.5, 0.6) is 0 Å². The first-order chi connectivity index (χ1) is 12.3. The van der Waals surface area contributed by atoms with Gasteiger partial charge in [-0.3, -0.25) is 4.98 Å². The van der Waals surface area contributed by atoms with Crippen LogP contribution in [0.15, 0.2) is 48.8 Å². The van der Waals surface area contributed by atoms with Gasteiger partial charge in [0.05, 0.1) is 17.4 Å². The quantitative estimate of drug-likeness (QED) is 0.849. The first-order valence-electron chi connectivity index (χ1n) is 8.79. The highest BCUT2D eigenvalue weighted by Gasteiger charge is 2.21. The molecule has 2 N–H and O–H groups in total. The van der Waals surface area contributed by atoms with Gasteiger partial charge < -0.3 is 15.3 Å². The smallest absolute Gasteiger partial charge is 0.103 e. The molecule has 5 nitrogen and oxygen atoms in total. The first-order valence-corrected chi connectivity index (χ1v) is 8.79. The number of nitriles is 1. The summed E-state index contributed by atoms with van der Waals surface area (Å²) in [7, 11) is 0. The minimum atomic E-state index is -0.425. The Labute approximate surface area is 148 Å². The zero-order chi connectivity index (χ0) is 17.5. The van der Waals surface area contributed by atoms with Crippen molar-refractivity contribution in [2.75, 3.05) is 31.5 Å². The number of aliphatic hydroxyl groups is 1. The molecule has 1 unspecified atom stereocenters. The lowest BCUT2D eigenvalue weighted by molar-refractivity contribution is 0.0909. The summed E-state index contributed by atoms with van der Waals surface area (Å²) in [6.45, 7) is 3.55. The van der Waals surface area contributed by atoms with E-state index in [1.54, 1.807) is 12.4 Å². The summed E-state index contributed by atoms with van der Waals surface area (Å²) in [5.41, 5.74) is 2.43. The largest absolute Gasteiger partial charge is 0.387 e. The molecule has 1 aliphatic heterocycles. The van der Waals surface area contributed by atoms with Crippen molar-refractivity contribution >= 4 is 5.69 Å². The number of benzene rings is 1. The maximum Gasteiger partial charge on any atom is 0.103 e.